The highest BCUT2D eigenvalue weighted by Crippen LogP contribution is 2.24. The Morgan fingerprint density at radius 1 is 1.62 bits per heavy atom. The van der Waals surface area contributed by atoms with Crippen molar-refractivity contribution in [3.05, 3.63) is 22.4 Å². The van der Waals surface area contributed by atoms with Gasteiger partial charge in [-0.1, -0.05) is 6.07 Å². The van der Waals surface area contributed by atoms with Crippen LogP contribution in [0.15, 0.2) is 17.5 Å². The number of thiophene rings is 1. The van der Waals surface area contributed by atoms with Gasteiger partial charge in [0.2, 0.25) is 0 Å². The van der Waals surface area contributed by atoms with Gasteiger partial charge < -0.3 is 15.3 Å². The Hall–Kier alpha value is -0.420. The predicted octanol–water partition coefficient (Wildman–Crippen LogP) is 1.47. The number of likely N-dealkylation sites (N-methyl/N-ethyl adjacent to an activating group) is 1. The molecule has 90 valence electrons. The SMILES string of the molecule is CN(CCNCC(O)c1cccs1)C1CC1. The van der Waals surface area contributed by atoms with Crippen molar-refractivity contribution in [3.63, 3.8) is 0 Å². The first kappa shape index (κ1) is 12.0. The van der Waals surface area contributed by atoms with Gasteiger partial charge in [-0.25, -0.2) is 0 Å². The van der Waals surface area contributed by atoms with Crippen LogP contribution in [0.5, 0.6) is 0 Å². The number of nitrogens with one attached hydrogen (secondary N) is 1. The zero-order valence-corrected chi connectivity index (χ0v) is 10.5. The molecule has 0 spiro atoms. The van der Waals surface area contributed by atoms with E-state index in [0.717, 1.165) is 24.0 Å². The second-order valence-electron chi connectivity index (χ2n) is 4.45. The maximum atomic E-state index is 9.83. The molecular weight excluding hydrogens is 220 g/mol. The normalized spacial score (nSPS) is 17.9. The first-order chi connectivity index (χ1) is 7.77. The third-order valence-electron chi connectivity index (χ3n) is 3.02. The van der Waals surface area contributed by atoms with Crippen LogP contribution < -0.4 is 5.32 Å². The van der Waals surface area contributed by atoms with Gasteiger partial charge in [0.05, 0.1) is 0 Å². The fourth-order valence-corrected chi connectivity index (χ4v) is 2.49. The van der Waals surface area contributed by atoms with Crippen LogP contribution in [0.4, 0.5) is 0 Å². The van der Waals surface area contributed by atoms with E-state index in [-0.39, 0.29) is 6.10 Å². The first-order valence-corrected chi connectivity index (χ1v) is 6.78. The molecule has 2 rings (SSSR count). The minimum Gasteiger partial charge on any atom is -0.386 e. The Labute approximate surface area is 101 Å². The van der Waals surface area contributed by atoms with Crippen molar-refractivity contribution in [3.8, 4) is 0 Å². The van der Waals surface area contributed by atoms with Gasteiger partial charge in [0.1, 0.15) is 6.10 Å². The standard InChI is InChI=1S/C12H20N2OS/c1-14(10-4-5-10)7-6-13-9-11(15)12-3-2-8-16-12/h2-3,8,10-11,13,15H,4-7,9H2,1H3. The summed E-state index contributed by atoms with van der Waals surface area (Å²) < 4.78 is 0. The summed E-state index contributed by atoms with van der Waals surface area (Å²) in [5, 5.41) is 15.1. The van der Waals surface area contributed by atoms with Crippen molar-refractivity contribution < 1.29 is 5.11 Å². The van der Waals surface area contributed by atoms with Gasteiger partial charge >= 0.3 is 0 Å². The molecule has 0 saturated heterocycles. The summed E-state index contributed by atoms with van der Waals surface area (Å²) in [4.78, 5) is 3.44. The van der Waals surface area contributed by atoms with Crippen LogP contribution in [0.25, 0.3) is 0 Å². The van der Waals surface area contributed by atoms with Crippen LogP contribution in [-0.4, -0.2) is 42.7 Å². The van der Waals surface area contributed by atoms with Gasteiger partial charge in [-0.05, 0) is 31.3 Å². The number of aliphatic hydroxyl groups excluding tert-OH is 1. The number of hydrogen-bond donors (Lipinski definition) is 2. The van der Waals surface area contributed by atoms with E-state index in [1.54, 1.807) is 11.3 Å². The van der Waals surface area contributed by atoms with Gasteiger partial charge in [-0.15, -0.1) is 11.3 Å². The average molecular weight is 240 g/mol. The zero-order chi connectivity index (χ0) is 11.4. The van der Waals surface area contributed by atoms with Gasteiger partial charge in [0, 0.05) is 30.6 Å². The number of hydrogen-bond acceptors (Lipinski definition) is 4. The molecule has 1 unspecified atom stereocenters. The lowest BCUT2D eigenvalue weighted by Crippen LogP contribution is -2.32. The molecule has 1 atom stereocenters. The Morgan fingerprint density at radius 2 is 2.44 bits per heavy atom. The Morgan fingerprint density at radius 3 is 3.06 bits per heavy atom. The van der Waals surface area contributed by atoms with Gasteiger partial charge in [-0.2, -0.15) is 0 Å². The molecular formula is C12H20N2OS. The molecule has 1 aromatic heterocycles. The maximum absolute atomic E-state index is 9.83. The molecule has 0 aliphatic heterocycles. The van der Waals surface area contributed by atoms with Crippen LogP contribution in [0.2, 0.25) is 0 Å². The molecule has 1 aliphatic carbocycles. The molecule has 0 amide bonds. The summed E-state index contributed by atoms with van der Waals surface area (Å²) in [5.74, 6) is 0. The third kappa shape index (κ3) is 3.56. The topological polar surface area (TPSA) is 35.5 Å². The van der Waals surface area contributed by atoms with Crippen molar-refractivity contribution in [2.45, 2.75) is 25.0 Å². The fourth-order valence-electron chi connectivity index (χ4n) is 1.77. The average Bonchev–Trinajstić information content (AvgIpc) is 2.99. The fraction of sp³-hybridized carbons (Fsp3) is 0.667. The summed E-state index contributed by atoms with van der Waals surface area (Å²) in [6, 6.07) is 4.78. The van der Waals surface area contributed by atoms with Crippen LogP contribution in [-0.2, 0) is 0 Å². The van der Waals surface area contributed by atoms with E-state index < -0.39 is 0 Å². The van der Waals surface area contributed by atoms with Gasteiger partial charge in [0.25, 0.3) is 0 Å². The molecule has 3 nitrogen and oxygen atoms in total. The van der Waals surface area contributed by atoms with E-state index in [4.69, 9.17) is 0 Å². The van der Waals surface area contributed by atoms with E-state index in [0.29, 0.717) is 6.54 Å². The van der Waals surface area contributed by atoms with Crippen molar-refractivity contribution in [1.29, 1.82) is 0 Å². The highest BCUT2D eigenvalue weighted by Gasteiger charge is 2.25. The first-order valence-electron chi connectivity index (χ1n) is 5.90. The Balaban J connectivity index is 1.57. The summed E-state index contributed by atoms with van der Waals surface area (Å²) in [6.07, 6.45) is 2.36. The minimum absolute atomic E-state index is 0.355. The molecule has 1 aromatic rings. The molecule has 16 heavy (non-hydrogen) atoms. The number of aliphatic hydroxyl groups is 1. The van der Waals surface area contributed by atoms with Crippen LogP contribution >= 0.6 is 11.3 Å². The van der Waals surface area contributed by atoms with Crippen LogP contribution in [0, 0.1) is 0 Å². The summed E-state index contributed by atoms with van der Waals surface area (Å²) >= 11 is 1.61. The quantitative estimate of drug-likeness (QED) is 0.708. The van der Waals surface area contributed by atoms with Crippen LogP contribution in [0.3, 0.4) is 0 Å². The van der Waals surface area contributed by atoms with E-state index >= 15 is 0 Å². The molecule has 1 heterocycles. The molecule has 1 saturated carbocycles. The lowest BCUT2D eigenvalue weighted by atomic mass is 10.3. The molecule has 1 aliphatic rings. The molecule has 1 fully saturated rings. The second-order valence-corrected chi connectivity index (χ2v) is 5.43. The number of nitrogens with zero attached hydrogens (tertiary/aromatic N) is 1. The van der Waals surface area contributed by atoms with Crippen molar-refractivity contribution in [2.75, 3.05) is 26.7 Å². The lowest BCUT2D eigenvalue weighted by Gasteiger charge is -2.16. The highest BCUT2D eigenvalue weighted by molar-refractivity contribution is 7.10. The van der Waals surface area contributed by atoms with Gasteiger partial charge in [0.15, 0.2) is 0 Å². The maximum Gasteiger partial charge on any atom is 0.101 e. The largest absolute Gasteiger partial charge is 0.386 e. The molecule has 4 heteroatoms. The Bertz CT molecular complexity index is 298. The summed E-state index contributed by atoms with van der Waals surface area (Å²) in [6.45, 7) is 2.68. The Kier molecular flexibility index (Phi) is 4.35. The molecule has 0 aromatic carbocycles. The van der Waals surface area contributed by atoms with Gasteiger partial charge in [-0.3, -0.25) is 0 Å². The van der Waals surface area contributed by atoms with E-state index in [9.17, 15) is 5.11 Å². The van der Waals surface area contributed by atoms with E-state index in [2.05, 4.69) is 17.3 Å². The lowest BCUT2D eigenvalue weighted by molar-refractivity contribution is 0.176. The van der Waals surface area contributed by atoms with E-state index in [1.165, 1.54) is 12.8 Å². The van der Waals surface area contributed by atoms with E-state index in [1.807, 2.05) is 17.5 Å². The summed E-state index contributed by atoms with van der Waals surface area (Å²) in [5.41, 5.74) is 0. The molecule has 0 radical (unpaired) electrons. The highest BCUT2D eigenvalue weighted by atomic mass is 32.1. The van der Waals surface area contributed by atoms with Crippen molar-refractivity contribution in [2.24, 2.45) is 0 Å². The van der Waals surface area contributed by atoms with Crippen LogP contribution in [0.1, 0.15) is 23.8 Å². The monoisotopic (exact) mass is 240 g/mol. The smallest absolute Gasteiger partial charge is 0.101 e. The second kappa shape index (κ2) is 5.77. The summed E-state index contributed by atoms with van der Waals surface area (Å²) in [7, 11) is 2.18. The van der Waals surface area contributed by atoms with Crippen molar-refractivity contribution in [1.82, 2.24) is 10.2 Å². The zero-order valence-electron chi connectivity index (χ0n) is 9.72. The number of rotatable bonds is 7. The molecule has 2 N–H and O–H groups in total. The predicted molar refractivity (Wildman–Crippen MR) is 67.8 cm³/mol. The minimum atomic E-state index is -0.355. The third-order valence-corrected chi connectivity index (χ3v) is 3.99. The van der Waals surface area contributed by atoms with Crippen molar-refractivity contribution >= 4 is 11.3 Å². The molecule has 0 bridgehead atoms.